The summed E-state index contributed by atoms with van der Waals surface area (Å²) in [5.41, 5.74) is 5.72. The van der Waals surface area contributed by atoms with E-state index in [1.807, 2.05) is 11.9 Å². The van der Waals surface area contributed by atoms with Crippen LogP contribution >= 0.6 is 11.6 Å². The number of nitrogen functional groups attached to an aromatic ring is 1. The second-order valence-corrected chi connectivity index (χ2v) is 6.15. The molecule has 2 rings (SSSR count). The molecule has 1 saturated heterocycles. The van der Waals surface area contributed by atoms with E-state index in [0.717, 1.165) is 45.3 Å². The second kappa shape index (κ2) is 7.63. The number of piperidine rings is 1. The second-order valence-electron chi connectivity index (χ2n) is 5.77. The van der Waals surface area contributed by atoms with Crippen molar-refractivity contribution in [2.24, 2.45) is 5.92 Å². The summed E-state index contributed by atoms with van der Waals surface area (Å²) in [6.45, 7) is 4.49. The highest BCUT2D eigenvalue weighted by Crippen LogP contribution is 2.30. The van der Waals surface area contributed by atoms with Gasteiger partial charge in [0.25, 0.3) is 0 Å². The van der Waals surface area contributed by atoms with Crippen LogP contribution in [0, 0.1) is 5.92 Å². The van der Waals surface area contributed by atoms with E-state index in [1.54, 1.807) is 0 Å². The molecule has 0 unspecified atom stereocenters. The Kier molecular flexibility index (Phi) is 5.83. The molecule has 2 heterocycles. The van der Waals surface area contributed by atoms with Crippen molar-refractivity contribution < 1.29 is 4.79 Å². The lowest BCUT2D eigenvalue weighted by Crippen LogP contribution is -2.42. The van der Waals surface area contributed by atoms with E-state index in [1.165, 1.54) is 6.33 Å². The summed E-state index contributed by atoms with van der Waals surface area (Å²) < 4.78 is 0. The van der Waals surface area contributed by atoms with E-state index in [0.29, 0.717) is 16.7 Å². The Morgan fingerprint density at radius 1 is 1.45 bits per heavy atom. The SMILES string of the molecule is CCCCN(C)C(=O)C1CCN(c2ncnc(N)c2Cl)CC1. The highest BCUT2D eigenvalue weighted by molar-refractivity contribution is 6.35. The largest absolute Gasteiger partial charge is 0.382 e. The number of amides is 1. The van der Waals surface area contributed by atoms with Crippen LogP contribution in [0.3, 0.4) is 0 Å². The van der Waals surface area contributed by atoms with Gasteiger partial charge < -0.3 is 15.5 Å². The van der Waals surface area contributed by atoms with E-state index < -0.39 is 0 Å². The molecule has 0 spiro atoms. The van der Waals surface area contributed by atoms with Crippen LogP contribution in [-0.4, -0.2) is 47.5 Å². The molecule has 1 aromatic rings. The highest BCUT2D eigenvalue weighted by atomic mass is 35.5. The van der Waals surface area contributed by atoms with E-state index >= 15 is 0 Å². The number of carbonyl (C=O) groups excluding carboxylic acids is 1. The minimum absolute atomic E-state index is 0.0936. The van der Waals surface area contributed by atoms with Crippen molar-refractivity contribution in [3.05, 3.63) is 11.3 Å². The number of carbonyl (C=O) groups is 1. The average Bonchev–Trinajstić information content (AvgIpc) is 2.54. The molecule has 0 aromatic carbocycles. The number of halogens is 1. The standard InChI is InChI=1S/C15H24ClN5O/c1-3-4-7-20(2)15(22)11-5-8-21(9-6-11)14-12(16)13(17)18-10-19-14/h10-11H,3-9H2,1-2H3,(H2,17,18,19). The van der Waals surface area contributed by atoms with Crippen LogP contribution < -0.4 is 10.6 Å². The molecule has 0 atom stereocenters. The minimum atomic E-state index is 0.0936. The quantitative estimate of drug-likeness (QED) is 0.898. The van der Waals surface area contributed by atoms with E-state index in [-0.39, 0.29) is 11.8 Å². The summed E-state index contributed by atoms with van der Waals surface area (Å²) in [6.07, 6.45) is 5.21. The van der Waals surface area contributed by atoms with Crippen LogP contribution in [0.4, 0.5) is 11.6 Å². The first-order valence-corrected chi connectivity index (χ1v) is 8.18. The summed E-state index contributed by atoms with van der Waals surface area (Å²) in [6, 6.07) is 0. The highest BCUT2D eigenvalue weighted by Gasteiger charge is 2.28. The van der Waals surface area contributed by atoms with Gasteiger partial charge in [-0.15, -0.1) is 0 Å². The maximum absolute atomic E-state index is 12.4. The molecule has 2 N–H and O–H groups in total. The van der Waals surface area contributed by atoms with Crippen molar-refractivity contribution in [3.63, 3.8) is 0 Å². The first kappa shape index (κ1) is 16.8. The van der Waals surface area contributed by atoms with Crippen LogP contribution in [0.2, 0.25) is 5.02 Å². The monoisotopic (exact) mass is 325 g/mol. The van der Waals surface area contributed by atoms with Gasteiger partial charge in [-0.2, -0.15) is 0 Å². The maximum atomic E-state index is 12.4. The molecule has 1 aromatic heterocycles. The van der Waals surface area contributed by atoms with Crippen LogP contribution in [0.5, 0.6) is 0 Å². The predicted molar refractivity (Wildman–Crippen MR) is 88.9 cm³/mol. The Labute approximate surface area is 136 Å². The molecule has 0 bridgehead atoms. The third-order valence-electron chi connectivity index (χ3n) is 4.17. The normalized spacial score (nSPS) is 15.9. The summed E-state index contributed by atoms with van der Waals surface area (Å²) in [5, 5.41) is 0.396. The van der Waals surface area contributed by atoms with E-state index in [2.05, 4.69) is 21.8 Å². The van der Waals surface area contributed by atoms with Crippen LogP contribution in [-0.2, 0) is 4.79 Å². The third-order valence-corrected chi connectivity index (χ3v) is 4.53. The molecular formula is C15H24ClN5O. The molecule has 1 aliphatic rings. The Morgan fingerprint density at radius 3 is 2.77 bits per heavy atom. The number of unbranched alkanes of at least 4 members (excludes halogenated alkanes) is 1. The fourth-order valence-electron chi connectivity index (χ4n) is 2.75. The van der Waals surface area contributed by atoms with Crippen LogP contribution in [0.25, 0.3) is 0 Å². The zero-order chi connectivity index (χ0) is 16.1. The minimum Gasteiger partial charge on any atom is -0.382 e. The Morgan fingerprint density at radius 2 is 2.14 bits per heavy atom. The van der Waals surface area contributed by atoms with Gasteiger partial charge in [0, 0.05) is 32.6 Å². The van der Waals surface area contributed by atoms with Crippen LogP contribution in [0.15, 0.2) is 6.33 Å². The zero-order valence-corrected chi connectivity index (χ0v) is 14.0. The summed E-state index contributed by atoms with van der Waals surface area (Å²) >= 11 is 6.17. The average molecular weight is 326 g/mol. The van der Waals surface area contributed by atoms with Gasteiger partial charge in [0.15, 0.2) is 5.82 Å². The van der Waals surface area contributed by atoms with Gasteiger partial charge in [0.2, 0.25) is 5.91 Å². The number of nitrogens with zero attached hydrogens (tertiary/aromatic N) is 4. The lowest BCUT2D eigenvalue weighted by atomic mass is 9.95. The molecule has 1 amide bonds. The third kappa shape index (κ3) is 3.80. The number of aromatic nitrogens is 2. The van der Waals surface area contributed by atoms with Gasteiger partial charge in [-0.05, 0) is 19.3 Å². The number of rotatable bonds is 5. The molecule has 122 valence electrons. The maximum Gasteiger partial charge on any atom is 0.225 e. The van der Waals surface area contributed by atoms with Crippen molar-refractivity contribution in [3.8, 4) is 0 Å². The lowest BCUT2D eigenvalue weighted by molar-refractivity contribution is -0.134. The van der Waals surface area contributed by atoms with Gasteiger partial charge in [-0.25, -0.2) is 9.97 Å². The molecule has 22 heavy (non-hydrogen) atoms. The van der Waals surface area contributed by atoms with E-state index in [4.69, 9.17) is 17.3 Å². The van der Waals surface area contributed by atoms with Crippen molar-refractivity contribution in [2.75, 3.05) is 37.3 Å². The summed E-state index contributed by atoms with van der Waals surface area (Å²) in [7, 11) is 1.90. The Hall–Kier alpha value is -1.56. The number of nitrogens with two attached hydrogens (primary N) is 1. The van der Waals surface area contributed by atoms with Crippen molar-refractivity contribution >= 4 is 29.1 Å². The number of hydrogen-bond acceptors (Lipinski definition) is 5. The molecule has 7 heteroatoms. The first-order valence-electron chi connectivity index (χ1n) is 7.80. The van der Waals surface area contributed by atoms with Crippen molar-refractivity contribution in [2.45, 2.75) is 32.6 Å². The predicted octanol–water partition coefficient (Wildman–Crippen LogP) is 2.19. The molecule has 0 aliphatic carbocycles. The van der Waals surface area contributed by atoms with Gasteiger partial charge in [0.1, 0.15) is 17.2 Å². The molecule has 1 aliphatic heterocycles. The Bertz CT molecular complexity index is 517. The fraction of sp³-hybridized carbons (Fsp3) is 0.667. The van der Waals surface area contributed by atoms with Crippen LogP contribution in [0.1, 0.15) is 32.6 Å². The van der Waals surface area contributed by atoms with Gasteiger partial charge in [-0.3, -0.25) is 4.79 Å². The van der Waals surface area contributed by atoms with Crippen molar-refractivity contribution in [1.82, 2.24) is 14.9 Å². The first-order chi connectivity index (χ1) is 10.5. The fourth-order valence-corrected chi connectivity index (χ4v) is 2.97. The molecule has 1 fully saturated rings. The smallest absolute Gasteiger partial charge is 0.225 e. The summed E-state index contributed by atoms with van der Waals surface area (Å²) in [5.74, 6) is 1.31. The summed E-state index contributed by atoms with van der Waals surface area (Å²) in [4.78, 5) is 24.4. The van der Waals surface area contributed by atoms with Gasteiger partial charge in [-0.1, -0.05) is 24.9 Å². The number of hydrogen-bond donors (Lipinski definition) is 1. The molecule has 0 radical (unpaired) electrons. The zero-order valence-electron chi connectivity index (χ0n) is 13.3. The van der Waals surface area contributed by atoms with Gasteiger partial charge in [0.05, 0.1) is 0 Å². The molecular weight excluding hydrogens is 302 g/mol. The molecule has 6 nitrogen and oxygen atoms in total. The van der Waals surface area contributed by atoms with Gasteiger partial charge >= 0.3 is 0 Å². The number of anilines is 2. The topological polar surface area (TPSA) is 75.4 Å². The molecule has 0 saturated carbocycles. The Balaban J connectivity index is 1.93. The van der Waals surface area contributed by atoms with Crippen molar-refractivity contribution in [1.29, 1.82) is 0 Å². The lowest BCUT2D eigenvalue weighted by Gasteiger charge is -2.34. The van der Waals surface area contributed by atoms with E-state index in [9.17, 15) is 4.79 Å².